The highest BCUT2D eigenvalue weighted by Gasteiger charge is 2.38. The van der Waals surface area contributed by atoms with Crippen molar-refractivity contribution < 1.29 is 17.9 Å². The van der Waals surface area contributed by atoms with Crippen LogP contribution in [0, 0.1) is 0 Å². The molecule has 0 spiro atoms. The smallest absolute Gasteiger partial charge is 0.206 e. The lowest BCUT2D eigenvalue weighted by atomic mass is 9.65. The first-order chi connectivity index (χ1) is 24.9. The van der Waals surface area contributed by atoms with Crippen LogP contribution in [0.2, 0.25) is 0 Å². The Morgan fingerprint density at radius 3 is 1.19 bits per heavy atom. The first-order valence-electron chi connectivity index (χ1n) is 18.0. The number of rotatable bonds is 12. The van der Waals surface area contributed by atoms with Gasteiger partial charge in [0.15, 0.2) is 0 Å². The van der Waals surface area contributed by atoms with Crippen LogP contribution in [0.25, 0.3) is 0 Å². The summed E-state index contributed by atoms with van der Waals surface area (Å²) < 4.78 is 39.5. The molecule has 0 atom stereocenters. The first-order valence-corrected chi connectivity index (χ1v) is 19.5. The van der Waals surface area contributed by atoms with Crippen molar-refractivity contribution in [3.8, 4) is 17.2 Å². The molecule has 0 aliphatic heterocycles. The Hall–Kier alpha value is -5.13. The molecule has 0 fully saturated rings. The minimum atomic E-state index is -3.68. The molecule has 0 aliphatic rings. The molecular formula is C47H48O4S. The van der Waals surface area contributed by atoms with E-state index in [4.69, 9.17) is 9.47 Å². The molecule has 0 aromatic heterocycles. The topological polar surface area (TPSA) is 52.6 Å². The molecule has 0 aliphatic carbocycles. The third-order valence-corrected chi connectivity index (χ3v) is 12.0. The van der Waals surface area contributed by atoms with Crippen LogP contribution >= 0.6 is 0 Å². The highest BCUT2D eigenvalue weighted by molar-refractivity contribution is 7.91. The van der Waals surface area contributed by atoms with Crippen LogP contribution in [0.4, 0.5) is 0 Å². The largest absolute Gasteiger partial charge is 0.488 e. The normalized spacial score (nSPS) is 12.3. The van der Waals surface area contributed by atoms with Gasteiger partial charge < -0.3 is 9.47 Å². The lowest BCUT2D eigenvalue weighted by Crippen LogP contribution is -2.31. The van der Waals surface area contributed by atoms with Crippen molar-refractivity contribution in [2.45, 2.75) is 80.6 Å². The molecule has 6 aromatic carbocycles. The van der Waals surface area contributed by atoms with E-state index in [2.05, 4.69) is 93.6 Å². The minimum Gasteiger partial charge on any atom is -0.488 e. The van der Waals surface area contributed by atoms with Crippen LogP contribution in [0.3, 0.4) is 0 Å². The molecule has 0 N–H and O–H groups in total. The summed E-state index contributed by atoms with van der Waals surface area (Å²) in [6.07, 6.45) is 1.98. The molecule has 0 saturated heterocycles. The summed E-state index contributed by atoms with van der Waals surface area (Å²) in [7, 11) is -3.68. The Morgan fingerprint density at radius 1 is 0.442 bits per heavy atom. The van der Waals surface area contributed by atoms with E-state index in [1.165, 1.54) is 0 Å². The second kappa shape index (κ2) is 14.8. The zero-order chi connectivity index (χ0) is 37.0. The van der Waals surface area contributed by atoms with Gasteiger partial charge in [-0.15, -0.1) is 0 Å². The summed E-state index contributed by atoms with van der Waals surface area (Å²) in [5.74, 6) is 2.02. The lowest BCUT2D eigenvalue weighted by Gasteiger charge is -2.37. The maximum absolute atomic E-state index is 13.5. The molecule has 0 amide bonds. The predicted octanol–water partition coefficient (Wildman–Crippen LogP) is 11.9. The fraction of sp³-hybridized carbons (Fsp3) is 0.234. The Kier molecular flexibility index (Phi) is 10.5. The van der Waals surface area contributed by atoms with E-state index in [1.807, 2.05) is 69.3 Å². The monoisotopic (exact) mass is 708 g/mol. The van der Waals surface area contributed by atoms with Gasteiger partial charge in [-0.3, -0.25) is 0 Å². The highest BCUT2D eigenvalue weighted by Crippen LogP contribution is 2.46. The average molecular weight is 709 g/mol. The molecule has 0 unspecified atom stereocenters. The van der Waals surface area contributed by atoms with Crippen LogP contribution in [0.15, 0.2) is 168 Å². The Balaban J connectivity index is 1.30. The van der Waals surface area contributed by atoms with E-state index in [0.29, 0.717) is 11.5 Å². The molecule has 266 valence electrons. The van der Waals surface area contributed by atoms with E-state index in [0.717, 1.165) is 46.4 Å². The zero-order valence-electron chi connectivity index (χ0n) is 31.0. The standard InChI is InChI=1S/C47H48O4S/c1-7-46(6,8-2)35-23-31-43(32-24-35)52(48,49)44-33-29-41(30-34-44)50-40-25-19-38(20-26-40)47(36-15-11-9-12-16-36,37-17-13-10-14-18-37)39-21-27-42(28-22-39)51-45(3,4)5/h9-34H,7-8H2,1-6H3. The van der Waals surface area contributed by atoms with Gasteiger partial charge in [0.1, 0.15) is 22.8 Å². The predicted molar refractivity (Wildman–Crippen MR) is 211 cm³/mol. The van der Waals surface area contributed by atoms with Gasteiger partial charge in [0.05, 0.1) is 15.2 Å². The Morgan fingerprint density at radius 2 is 0.788 bits per heavy atom. The van der Waals surface area contributed by atoms with Gasteiger partial charge >= 0.3 is 0 Å². The van der Waals surface area contributed by atoms with Crippen LogP contribution in [-0.4, -0.2) is 14.0 Å². The van der Waals surface area contributed by atoms with Gasteiger partial charge in [-0.25, -0.2) is 8.42 Å². The van der Waals surface area contributed by atoms with Crippen molar-refractivity contribution in [1.82, 2.24) is 0 Å². The second-order valence-electron chi connectivity index (χ2n) is 14.6. The zero-order valence-corrected chi connectivity index (χ0v) is 31.8. The second-order valence-corrected chi connectivity index (χ2v) is 16.6. The SMILES string of the molecule is CCC(C)(CC)c1ccc(S(=O)(=O)c2ccc(Oc3ccc(C(c4ccccc4)(c4ccccc4)c4ccc(OC(C)(C)C)cc4)cc3)cc2)cc1. The van der Waals surface area contributed by atoms with Crippen molar-refractivity contribution in [2.75, 3.05) is 0 Å². The van der Waals surface area contributed by atoms with E-state index < -0.39 is 15.3 Å². The number of ether oxygens (including phenoxy) is 2. The number of benzene rings is 6. The highest BCUT2D eigenvalue weighted by atomic mass is 32.2. The van der Waals surface area contributed by atoms with Gasteiger partial charge in [-0.05, 0) is 128 Å². The third-order valence-electron chi connectivity index (χ3n) is 10.2. The van der Waals surface area contributed by atoms with Crippen molar-refractivity contribution in [3.05, 3.63) is 186 Å². The molecule has 4 nitrogen and oxygen atoms in total. The van der Waals surface area contributed by atoms with Crippen LogP contribution in [0.1, 0.15) is 82.2 Å². The third kappa shape index (κ3) is 7.42. The summed E-state index contributed by atoms with van der Waals surface area (Å²) in [6.45, 7) is 12.7. The number of hydrogen-bond acceptors (Lipinski definition) is 4. The fourth-order valence-electron chi connectivity index (χ4n) is 6.93. The van der Waals surface area contributed by atoms with E-state index in [1.54, 1.807) is 36.4 Å². The van der Waals surface area contributed by atoms with Crippen molar-refractivity contribution in [3.63, 3.8) is 0 Å². The van der Waals surface area contributed by atoms with Crippen molar-refractivity contribution >= 4 is 9.84 Å². The van der Waals surface area contributed by atoms with Crippen LogP contribution < -0.4 is 9.47 Å². The number of hydrogen-bond donors (Lipinski definition) is 0. The summed E-state index contributed by atoms with van der Waals surface area (Å²) >= 11 is 0. The fourth-order valence-corrected chi connectivity index (χ4v) is 8.19. The molecule has 6 aromatic rings. The molecule has 0 heterocycles. The number of sulfone groups is 1. The molecule has 0 saturated carbocycles. The van der Waals surface area contributed by atoms with E-state index in [9.17, 15) is 8.42 Å². The van der Waals surface area contributed by atoms with Gasteiger partial charge in [0.2, 0.25) is 9.84 Å². The molecule has 0 bridgehead atoms. The summed E-state index contributed by atoms with van der Waals surface area (Å²) in [5.41, 5.74) is 4.70. The van der Waals surface area contributed by atoms with Crippen LogP contribution in [0.5, 0.6) is 17.2 Å². The molecule has 6 rings (SSSR count). The van der Waals surface area contributed by atoms with Crippen molar-refractivity contribution in [1.29, 1.82) is 0 Å². The first kappa shape index (κ1) is 36.7. The summed E-state index contributed by atoms with van der Waals surface area (Å²) in [5, 5.41) is 0. The van der Waals surface area contributed by atoms with Crippen molar-refractivity contribution in [2.24, 2.45) is 0 Å². The average Bonchev–Trinajstić information content (AvgIpc) is 3.16. The maximum atomic E-state index is 13.5. The minimum absolute atomic E-state index is 0.0248. The van der Waals surface area contributed by atoms with Crippen LogP contribution in [-0.2, 0) is 20.7 Å². The van der Waals surface area contributed by atoms with Gasteiger partial charge in [0.25, 0.3) is 0 Å². The van der Waals surface area contributed by atoms with Gasteiger partial charge in [-0.2, -0.15) is 0 Å². The van der Waals surface area contributed by atoms with Gasteiger partial charge in [0, 0.05) is 0 Å². The van der Waals surface area contributed by atoms with E-state index in [-0.39, 0.29) is 20.8 Å². The summed E-state index contributed by atoms with van der Waals surface area (Å²) in [6, 6.07) is 51.6. The molecule has 52 heavy (non-hydrogen) atoms. The summed E-state index contributed by atoms with van der Waals surface area (Å²) in [4.78, 5) is 0.512. The molecular weight excluding hydrogens is 661 g/mol. The van der Waals surface area contributed by atoms with Gasteiger partial charge in [-0.1, -0.05) is 118 Å². The molecule has 0 radical (unpaired) electrons. The van der Waals surface area contributed by atoms with E-state index >= 15 is 0 Å². The maximum Gasteiger partial charge on any atom is 0.206 e. The Labute approximate surface area is 310 Å². The lowest BCUT2D eigenvalue weighted by molar-refractivity contribution is 0.131. The molecule has 5 heteroatoms. The quantitative estimate of drug-likeness (QED) is 0.119. The Bertz CT molecular complexity index is 2120.